The highest BCUT2D eigenvalue weighted by Gasteiger charge is 2.65. The van der Waals surface area contributed by atoms with Crippen molar-refractivity contribution in [2.75, 3.05) is 19.6 Å². The van der Waals surface area contributed by atoms with Gasteiger partial charge in [0.05, 0.1) is 13.1 Å². The Labute approximate surface area is 173 Å². The minimum atomic E-state index is -0.799. The zero-order valence-electron chi connectivity index (χ0n) is 16.5. The highest BCUT2D eigenvalue weighted by atomic mass is 32.1. The molecule has 1 aromatic heterocycles. The first-order valence-electron chi connectivity index (χ1n) is 10.2. The Morgan fingerprint density at radius 3 is 2.52 bits per heavy atom. The molecule has 5 amide bonds. The summed E-state index contributed by atoms with van der Waals surface area (Å²) < 4.78 is 0. The van der Waals surface area contributed by atoms with Crippen molar-refractivity contribution in [1.29, 1.82) is 0 Å². The molecule has 1 saturated heterocycles. The molecule has 4 rings (SSSR count). The van der Waals surface area contributed by atoms with Crippen LogP contribution < -0.4 is 10.6 Å². The topological polar surface area (TPSA) is 98.8 Å². The van der Waals surface area contributed by atoms with E-state index >= 15 is 0 Å². The van der Waals surface area contributed by atoms with Crippen molar-refractivity contribution in [3.63, 3.8) is 0 Å². The van der Waals surface area contributed by atoms with Crippen molar-refractivity contribution in [3.8, 4) is 0 Å². The molecule has 156 valence electrons. The number of hydrogen-bond donors (Lipinski definition) is 2. The van der Waals surface area contributed by atoms with E-state index in [0.29, 0.717) is 13.1 Å². The fraction of sp³-hybridized carbons (Fsp3) is 0.600. The summed E-state index contributed by atoms with van der Waals surface area (Å²) in [6, 6.07) is 3.35. The minimum Gasteiger partial charge on any atom is -0.350 e. The number of carbonyl (C=O) groups excluding carboxylic acids is 4. The molecule has 8 nitrogen and oxygen atoms in total. The van der Waals surface area contributed by atoms with Crippen LogP contribution in [0.2, 0.25) is 0 Å². The first-order chi connectivity index (χ1) is 14.0. The molecule has 3 fully saturated rings. The summed E-state index contributed by atoms with van der Waals surface area (Å²) in [6.07, 6.45) is 3.76. The molecule has 1 aliphatic heterocycles. The summed E-state index contributed by atoms with van der Waals surface area (Å²) in [5.41, 5.74) is -0.799. The molecule has 3 aliphatic rings. The number of amides is 5. The van der Waals surface area contributed by atoms with Gasteiger partial charge in [0.25, 0.3) is 5.91 Å². The van der Waals surface area contributed by atoms with Gasteiger partial charge in [-0.05, 0) is 55.9 Å². The Hall–Kier alpha value is -2.42. The number of thiophene rings is 1. The van der Waals surface area contributed by atoms with Gasteiger partial charge in [-0.3, -0.25) is 19.3 Å². The molecule has 1 aromatic rings. The standard InChI is InChI=1S/C20H26N4O4S/c1-2-23(11-16(25)21-10-15-4-3-9-29-15)17(26)12-24-18(27)20(13-5-6-13,14-7-8-14)22-19(24)28/h3-4,9,13-14H,2,5-8,10-12H2,1H3,(H,21,25)(H,22,28). The molecule has 2 saturated carbocycles. The molecular weight excluding hydrogens is 392 g/mol. The lowest BCUT2D eigenvalue weighted by molar-refractivity contribution is -0.141. The van der Waals surface area contributed by atoms with Gasteiger partial charge in [0.2, 0.25) is 11.8 Å². The van der Waals surface area contributed by atoms with E-state index in [1.807, 2.05) is 17.5 Å². The maximum atomic E-state index is 13.1. The van der Waals surface area contributed by atoms with Crippen molar-refractivity contribution >= 4 is 35.1 Å². The molecule has 29 heavy (non-hydrogen) atoms. The summed E-state index contributed by atoms with van der Waals surface area (Å²) in [4.78, 5) is 54.0. The first kappa shape index (κ1) is 19.9. The largest absolute Gasteiger partial charge is 0.350 e. The minimum absolute atomic E-state index is 0.0965. The van der Waals surface area contributed by atoms with Gasteiger partial charge in [-0.1, -0.05) is 6.07 Å². The van der Waals surface area contributed by atoms with Gasteiger partial charge >= 0.3 is 6.03 Å². The molecule has 2 heterocycles. The smallest absolute Gasteiger partial charge is 0.325 e. The second-order valence-corrected chi connectivity index (χ2v) is 9.04. The van der Waals surface area contributed by atoms with Crippen LogP contribution in [0.3, 0.4) is 0 Å². The number of nitrogens with one attached hydrogen (secondary N) is 2. The van der Waals surface area contributed by atoms with Crippen LogP contribution in [-0.2, 0) is 20.9 Å². The highest BCUT2D eigenvalue weighted by Crippen LogP contribution is 2.54. The zero-order chi connectivity index (χ0) is 20.6. The van der Waals surface area contributed by atoms with Crippen LogP contribution in [0.15, 0.2) is 17.5 Å². The van der Waals surface area contributed by atoms with Crippen LogP contribution in [0.25, 0.3) is 0 Å². The van der Waals surface area contributed by atoms with Gasteiger partial charge in [0, 0.05) is 11.4 Å². The molecule has 0 aromatic carbocycles. The van der Waals surface area contributed by atoms with Crippen molar-refractivity contribution in [3.05, 3.63) is 22.4 Å². The van der Waals surface area contributed by atoms with E-state index in [2.05, 4.69) is 10.6 Å². The van der Waals surface area contributed by atoms with Gasteiger partial charge in [0.15, 0.2) is 0 Å². The second kappa shape index (κ2) is 7.78. The predicted octanol–water partition coefficient (Wildman–Crippen LogP) is 1.32. The summed E-state index contributed by atoms with van der Waals surface area (Å²) in [5.74, 6) is -0.548. The van der Waals surface area contributed by atoms with Crippen molar-refractivity contribution < 1.29 is 19.2 Å². The fourth-order valence-electron chi connectivity index (χ4n) is 4.16. The van der Waals surface area contributed by atoms with E-state index in [9.17, 15) is 19.2 Å². The van der Waals surface area contributed by atoms with Gasteiger partial charge in [-0.15, -0.1) is 11.3 Å². The quantitative estimate of drug-likeness (QED) is 0.591. The molecular formula is C20H26N4O4S. The monoisotopic (exact) mass is 418 g/mol. The molecule has 0 atom stereocenters. The number of rotatable bonds is 9. The molecule has 0 unspecified atom stereocenters. The molecule has 0 radical (unpaired) electrons. The average Bonchev–Trinajstić information content (AvgIpc) is 3.64. The Morgan fingerprint density at radius 2 is 1.97 bits per heavy atom. The number of likely N-dealkylation sites (N-methyl/N-ethyl adjacent to an activating group) is 1. The van der Waals surface area contributed by atoms with Crippen molar-refractivity contribution in [2.45, 2.75) is 44.7 Å². The van der Waals surface area contributed by atoms with E-state index in [1.165, 1.54) is 4.90 Å². The van der Waals surface area contributed by atoms with E-state index in [4.69, 9.17) is 0 Å². The molecule has 9 heteroatoms. The molecule has 2 aliphatic carbocycles. The number of hydrogen-bond acceptors (Lipinski definition) is 5. The second-order valence-electron chi connectivity index (χ2n) is 8.00. The summed E-state index contributed by atoms with van der Waals surface area (Å²) >= 11 is 1.55. The van der Waals surface area contributed by atoms with Crippen LogP contribution in [0.5, 0.6) is 0 Å². The van der Waals surface area contributed by atoms with Gasteiger partial charge in [-0.2, -0.15) is 0 Å². The van der Waals surface area contributed by atoms with E-state index in [0.717, 1.165) is 35.5 Å². The van der Waals surface area contributed by atoms with Gasteiger partial charge < -0.3 is 15.5 Å². The maximum absolute atomic E-state index is 13.1. The normalized spacial score (nSPS) is 20.5. The van der Waals surface area contributed by atoms with E-state index < -0.39 is 17.5 Å². The Bertz CT molecular complexity index is 804. The van der Waals surface area contributed by atoms with E-state index in [-0.39, 0.29) is 36.7 Å². The van der Waals surface area contributed by atoms with Crippen LogP contribution >= 0.6 is 11.3 Å². The van der Waals surface area contributed by atoms with Gasteiger partial charge in [0.1, 0.15) is 12.1 Å². The number of carbonyl (C=O) groups is 4. The Kier molecular flexibility index (Phi) is 5.33. The van der Waals surface area contributed by atoms with Crippen LogP contribution in [0.4, 0.5) is 4.79 Å². The fourth-order valence-corrected chi connectivity index (χ4v) is 4.81. The van der Waals surface area contributed by atoms with Crippen LogP contribution in [0.1, 0.15) is 37.5 Å². The van der Waals surface area contributed by atoms with Gasteiger partial charge in [-0.25, -0.2) is 4.79 Å². The summed E-state index contributed by atoms with van der Waals surface area (Å²) in [5, 5.41) is 7.65. The SMILES string of the molecule is CCN(CC(=O)NCc1cccs1)C(=O)CN1C(=O)NC(C2CC2)(C2CC2)C1=O. The lowest BCUT2D eigenvalue weighted by atomic mass is 9.87. The maximum Gasteiger partial charge on any atom is 0.325 e. The number of nitrogens with zero attached hydrogens (tertiary/aromatic N) is 2. The third kappa shape index (κ3) is 3.88. The molecule has 0 bridgehead atoms. The Balaban J connectivity index is 1.35. The molecule has 2 N–H and O–H groups in total. The Morgan fingerprint density at radius 1 is 1.28 bits per heavy atom. The third-order valence-electron chi connectivity index (χ3n) is 6.00. The molecule has 0 spiro atoms. The lowest BCUT2D eigenvalue weighted by Crippen LogP contribution is -2.52. The van der Waals surface area contributed by atoms with Crippen molar-refractivity contribution in [2.24, 2.45) is 11.8 Å². The van der Waals surface area contributed by atoms with E-state index in [1.54, 1.807) is 18.3 Å². The highest BCUT2D eigenvalue weighted by molar-refractivity contribution is 7.09. The van der Waals surface area contributed by atoms with Crippen molar-refractivity contribution in [1.82, 2.24) is 20.4 Å². The van der Waals surface area contributed by atoms with Crippen LogP contribution in [0, 0.1) is 11.8 Å². The third-order valence-corrected chi connectivity index (χ3v) is 6.88. The number of imide groups is 1. The zero-order valence-corrected chi connectivity index (χ0v) is 17.3. The lowest BCUT2D eigenvalue weighted by Gasteiger charge is -2.27. The summed E-state index contributed by atoms with van der Waals surface area (Å²) in [6.45, 7) is 2.10. The first-order valence-corrected chi connectivity index (χ1v) is 11.0. The average molecular weight is 419 g/mol. The summed E-state index contributed by atoms with van der Waals surface area (Å²) in [7, 11) is 0. The predicted molar refractivity (Wildman–Crippen MR) is 107 cm³/mol. The van der Waals surface area contributed by atoms with Crippen LogP contribution in [-0.4, -0.2) is 58.7 Å². The number of urea groups is 1.